The SMILES string of the molecule is O=C(Nc1ccc(O)c(Cl)c1)C1CCN(CC(=O)N2CC3CC2CN3c2cccc(Cl)c2)C1. The lowest BCUT2D eigenvalue weighted by atomic mass is 10.1. The molecule has 2 N–H and O–H groups in total. The van der Waals surface area contributed by atoms with Crippen molar-refractivity contribution in [3.8, 4) is 5.75 Å². The number of fused-ring (bicyclic) bond motifs is 2. The first-order chi connectivity index (χ1) is 15.9. The third-order valence-electron chi connectivity index (χ3n) is 6.92. The van der Waals surface area contributed by atoms with Crippen molar-refractivity contribution >= 4 is 46.4 Å². The van der Waals surface area contributed by atoms with Crippen molar-refractivity contribution in [2.45, 2.75) is 24.9 Å². The van der Waals surface area contributed by atoms with Crippen molar-refractivity contribution in [2.24, 2.45) is 5.92 Å². The zero-order chi connectivity index (χ0) is 23.1. The van der Waals surface area contributed by atoms with Crippen LogP contribution in [0.4, 0.5) is 11.4 Å². The molecule has 5 rings (SSSR count). The number of carbonyl (C=O) groups excluding carboxylic acids is 2. The van der Waals surface area contributed by atoms with Crippen LogP contribution in [-0.2, 0) is 9.59 Å². The molecule has 3 heterocycles. The van der Waals surface area contributed by atoms with E-state index in [1.807, 2.05) is 23.1 Å². The van der Waals surface area contributed by atoms with Crippen LogP contribution in [0.25, 0.3) is 0 Å². The van der Waals surface area contributed by atoms with E-state index in [4.69, 9.17) is 23.2 Å². The number of halogens is 2. The molecule has 0 aliphatic carbocycles. The molecule has 33 heavy (non-hydrogen) atoms. The number of amides is 2. The first-order valence-corrected chi connectivity index (χ1v) is 12.0. The van der Waals surface area contributed by atoms with Crippen LogP contribution in [0.2, 0.25) is 10.0 Å². The van der Waals surface area contributed by atoms with Crippen LogP contribution >= 0.6 is 23.2 Å². The average molecular weight is 489 g/mol. The number of hydrogen-bond donors (Lipinski definition) is 2. The summed E-state index contributed by atoms with van der Waals surface area (Å²) in [5, 5.41) is 13.3. The number of nitrogens with one attached hydrogen (secondary N) is 1. The fourth-order valence-corrected chi connectivity index (χ4v) is 5.61. The minimum Gasteiger partial charge on any atom is -0.506 e. The Hall–Kier alpha value is -2.48. The monoisotopic (exact) mass is 488 g/mol. The van der Waals surface area contributed by atoms with E-state index in [9.17, 15) is 14.7 Å². The third kappa shape index (κ3) is 4.63. The topological polar surface area (TPSA) is 76.1 Å². The summed E-state index contributed by atoms with van der Waals surface area (Å²) in [5.74, 6) is -0.158. The van der Waals surface area contributed by atoms with Crippen LogP contribution in [-0.4, -0.2) is 71.5 Å². The number of carbonyl (C=O) groups is 2. The molecule has 174 valence electrons. The Kier molecular flexibility index (Phi) is 6.12. The van der Waals surface area contributed by atoms with Gasteiger partial charge in [0.1, 0.15) is 5.75 Å². The third-order valence-corrected chi connectivity index (χ3v) is 7.46. The van der Waals surface area contributed by atoms with Gasteiger partial charge in [-0.25, -0.2) is 0 Å². The van der Waals surface area contributed by atoms with Crippen molar-refractivity contribution in [3.05, 3.63) is 52.5 Å². The summed E-state index contributed by atoms with van der Waals surface area (Å²) in [6.07, 6.45) is 1.69. The zero-order valence-electron chi connectivity index (χ0n) is 18.1. The molecule has 2 aromatic rings. The number of hydrogen-bond acceptors (Lipinski definition) is 5. The molecule has 9 heteroatoms. The predicted molar refractivity (Wildman–Crippen MR) is 129 cm³/mol. The smallest absolute Gasteiger partial charge is 0.237 e. The number of phenolic OH excluding ortho intramolecular Hbond substituents is 1. The highest BCUT2D eigenvalue weighted by Gasteiger charge is 2.45. The number of nitrogens with zero attached hydrogens (tertiary/aromatic N) is 3. The van der Waals surface area contributed by atoms with Crippen LogP contribution in [0.1, 0.15) is 12.8 Å². The van der Waals surface area contributed by atoms with Crippen molar-refractivity contribution in [1.82, 2.24) is 9.80 Å². The molecule has 3 aliphatic rings. The number of benzene rings is 2. The maximum Gasteiger partial charge on any atom is 0.237 e. The van der Waals surface area contributed by atoms with Gasteiger partial charge in [-0.2, -0.15) is 0 Å². The minimum atomic E-state index is -0.182. The molecule has 2 bridgehead atoms. The Bertz CT molecular complexity index is 1080. The summed E-state index contributed by atoms with van der Waals surface area (Å²) in [6.45, 7) is 3.18. The lowest BCUT2D eigenvalue weighted by Gasteiger charge is -2.36. The number of phenols is 1. The summed E-state index contributed by atoms with van der Waals surface area (Å²) in [6, 6.07) is 13.0. The Balaban J connectivity index is 1.12. The molecule has 2 aromatic carbocycles. The van der Waals surface area contributed by atoms with Gasteiger partial charge in [-0.1, -0.05) is 29.3 Å². The molecular weight excluding hydrogens is 463 g/mol. The van der Waals surface area contributed by atoms with Crippen molar-refractivity contribution in [1.29, 1.82) is 0 Å². The fourth-order valence-electron chi connectivity index (χ4n) is 5.24. The van der Waals surface area contributed by atoms with Crippen LogP contribution in [0.15, 0.2) is 42.5 Å². The Morgan fingerprint density at radius 3 is 2.64 bits per heavy atom. The molecule has 0 aromatic heterocycles. The van der Waals surface area contributed by atoms with Gasteiger partial charge in [0.15, 0.2) is 0 Å². The highest BCUT2D eigenvalue weighted by atomic mass is 35.5. The lowest BCUT2D eigenvalue weighted by molar-refractivity contribution is -0.133. The zero-order valence-corrected chi connectivity index (χ0v) is 19.6. The molecule has 0 saturated carbocycles. The van der Waals surface area contributed by atoms with E-state index in [2.05, 4.69) is 21.2 Å². The molecule has 3 unspecified atom stereocenters. The van der Waals surface area contributed by atoms with Crippen LogP contribution in [0.3, 0.4) is 0 Å². The Morgan fingerprint density at radius 2 is 1.91 bits per heavy atom. The number of anilines is 2. The molecule has 7 nitrogen and oxygen atoms in total. The second kappa shape index (κ2) is 9.05. The Morgan fingerprint density at radius 1 is 1.06 bits per heavy atom. The van der Waals surface area contributed by atoms with Crippen LogP contribution < -0.4 is 10.2 Å². The van der Waals surface area contributed by atoms with Gasteiger partial charge in [0, 0.05) is 42.1 Å². The summed E-state index contributed by atoms with van der Waals surface area (Å²) >= 11 is 12.1. The average Bonchev–Trinajstić information content (AvgIpc) is 3.52. The van der Waals surface area contributed by atoms with E-state index in [0.717, 1.165) is 36.8 Å². The predicted octanol–water partition coefficient (Wildman–Crippen LogP) is 3.45. The maximum absolute atomic E-state index is 13.0. The van der Waals surface area contributed by atoms with Gasteiger partial charge in [-0.3, -0.25) is 14.5 Å². The molecule has 3 atom stereocenters. The quantitative estimate of drug-likeness (QED) is 0.630. The van der Waals surface area contributed by atoms with E-state index in [0.29, 0.717) is 31.2 Å². The number of aromatic hydroxyl groups is 1. The number of rotatable bonds is 5. The summed E-state index contributed by atoms with van der Waals surface area (Å²) in [7, 11) is 0. The van der Waals surface area contributed by atoms with Gasteiger partial charge in [0.05, 0.1) is 23.5 Å². The van der Waals surface area contributed by atoms with Crippen LogP contribution in [0.5, 0.6) is 5.75 Å². The molecule has 0 radical (unpaired) electrons. The lowest BCUT2D eigenvalue weighted by Crippen LogP contribution is -2.51. The van der Waals surface area contributed by atoms with Gasteiger partial charge in [-0.15, -0.1) is 0 Å². The van der Waals surface area contributed by atoms with Crippen molar-refractivity contribution in [2.75, 3.05) is 42.9 Å². The summed E-state index contributed by atoms with van der Waals surface area (Å²) in [4.78, 5) is 32.1. The highest BCUT2D eigenvalue weighted by Crippen LogP contribution is 2.35. The van der Waals surface area contributed by atoms with Gasteiger partial charge < -0.3 is 20.2 Å². The second-order valence-electron chi connectivity index (χ2n) is 9.10. The summed E-state index contributed by atoms with van der Waals surface area (Å²) < 4.78 is 0. The first-order valence-electron chi connectivity index (χ1n) is 11.2. The largest absolute Gasteiger partial charge is 0.506 e. The van der Waals surface area contributed by atoms with E-state index < -0.39 is 0 Å². The number of likely N-dealkylation sites (tertiary alicyclic amines) is 2. The molecule has 2 amide bonds. The summed E-state index contributed by atoms with van der Waals surface area (Å²) in [5.41, 5.74) is 1.67. The number of piperazine rings is 1. The Labute approximate surface area is 202 Å². The van der Waals surface area contributed by atoms with E-state index >= 15 is 0 Å². The second-order valence-corrected chi connectivity index (χ2v) is 9.94. The molecular formula is C24H26Cl2N4O3. The van der Waals surface area contributed by atoms with Crippen molar-refractivity contribution in [3.63, 3.8) is 0 Å². The normalized spacial score (nSPS) is 24.5. The minimum absolute atomic E-state index is 0.0217. The standard InChI is InChI=1S/C24H26Cl2N4O3/c25-16-2-1-3-18(8-16)29-12-20-10-19(29)13-30(20)23(32)14-28-7-6-15(11-28)24(33)27-17-4-5-22(31)21(26)9-17/h1-5,8-9,15,19-20,31H,6-7,10-14H2,(H,27,33). The van der Waals surface area contributed by atoms with E-state index in [1.54, 1.807) is 6.07 Å². The fraction of sp³-hybridized carbons (Fsp3) is 0.417. The highest BCUT2D eigenvalue weighted by molar-refractivity contribution is 6.32. The molecule has 0 spiro atoms. The van der Waals surface area contributed by atoms with Crippen LogP contribution in [0, 0.1) is 5.92 Å². The van der Waals surface area contributed by atoms with E-state index in [-0.39, 0.29) is 34.5 Å². The molecule has 3 aliphatic heterocycles. The van der Waals surface area contributed by atoms with E-state index in [1.165, 1.54) is 12.1 Å². The van der Waals surface area contributed by atoms with Gasteiger partial charge in [-0.05, 0) is 55.8 Å². The maximum atomic E-state index is 13.0. The van der Waals surface area contributed by atoms with Gasteiger partial charge in [0.2, 0.25) is 11.8 Å². The van der Waals surface area contributed by atoms with Crippen molar-refractivity contribution < 1.29 is 14.7 Å². The van der Waals surface area contributed by atoms with Gasteiger partial charge >= 0.3 is 0 Å². The molecule has 3 saturated heterocycles. The molecule has 3 fully saturated rings. The van der Waals surface area contributed by atoms with Gasteiger partial charge in [0.25, 0.3) is 0 Å². The first kappa shape index (κ1) is 22.3.